The molecule has 0 bridgehead atoms. The first-order valence-corrected chi connectivity index (χ1v) is 8.70. The summed E-state index contributed by atoms with van der Waals surface area (Å²) in [5.41, 5.74) is 0.850. The van der Waals surface area contributed by atoms with Crippen molar-refractivity contribution in [1.29, 1.82) is 0 Å². The van der Waals surface area contributed by atoms with Crippen molar-refractivity contribution >= 4 is 18.3 Å². The zero-order chi connectivity index (χ0) is 18.3. The summed E-state index contributed by atoms with van der Waals surface area (Å²) in [6, 6.07) is 5.08. The van der Waals surface area contributed by atoms with Crippen LogP contribution in [0.15, 0.2) is 30.5 Å². The van der Waals surface area contributed by atoms with E-state index in [-0.39, 0.29) is 24.2 Å². The van der Waals surface area contributed by atoms with E-state index in [1.165, 1.54) is 16.9 Å². The fraction of sp³-hybridized carbons (Fsp3) is 0.444. The Balaban J connectivity index is 0.00000210. The highest BCUT2D eigenvalue weighted by Crippen LogP contribution is 2.43. The first-order chi connectivity index (χ1) is 12.4. The van der Waals surface area contributed by atoms with Gasteiger partial charge in [-0.05, 0) is 31.0 Å². The average molecular weight is 401 g/mol. The molecule has 1 N–H and O–H groups in total. The smallest absolute Gasteiger partial charge is 0.336 e. The molecule has 1 aromatic heterocycles. The van der Waals surface area contributed by atoms with Gasteiger partial charge >= 0.3 is 6.18 Å². The highest BCUT2D eigenvalue weighted by Gasteiger charge is 2.35. The van der Waals surface area contributed by atoms with Crippen molar-refractivity contribution in [2.24, 2.45) is 0 Å². The van der Waals surface area contributed by atoms with Gasteiger partial charge in [0.15, 0.2) is 0 Å². The largest absolute Gasteiger partial charge is 0.416 e. The van der Waals surface area contributed by atoms with Crippen LogP contribution in [0.4, 0.5) is 13.2 Å². The van der Waals surface area contributed by atoms with Crippen molar-refractivity contribution in [2.45, 2.75) is 24.9 Å². The Morgan fingerprint density at radius 3 is 2.52 bits per heavy atom. The first-order valence-electron chi connectivity index (χ1n) is 8.70. The maximum atomic E-state index is 13.0. The Bertz CT molecular complexity index is 826. The number of alkyl halides is 3. The van der Waals surface area contributed by atoms with Crippen LogP contribution in [0, 0.1) is 0 Å². The van der Waals surface area contributed by atoms with Gasteiger partial charge in [0.1, 0.15) is 0 Å². The van der Waals surface area contributed by atoms with Crippen molar-refractivity contribution in [2.75, 3.05) is 26.2 Å². The van der Waals surface area contributed by atoms with Crippen LogP contribution in [0.1, 0.15) is 40.4 Å². The molecule has 1 aliphatic carbocycles. The number of hydrogen-bond donors (Lipinski definition) is 1. The molecule has 1 amide bonds. The minimum Gasteiger partial charge on any atom is -0.336 e. The quantitative estimate of drug-likeness (QED) is 0.860. The van der Waals surface area contributed by atoms with Crippen LogP contribution in [-0.2, 0) is 6.18 Å². The summed E-state index contributed by atoms with van der Waals surface area (Å²) in [7, 11) is 0. The van der Waals surface area contributed by atoms with E-state index in [9.17, 15) is 18.0 Å². The molecule has 27 heavy (non-hydrogen) atoms. The van der Waals surface area contributed by atoms with Crippen molar-refractivity contribution in [1.82, 2.24) is 20.0 Å². The molecule has 0 spiro atoms. The maximum Gasteiger partial charge on any atom is 0.416 e. The van der Waals surface area contributed by atoms with E-state index in [4.69, 9.17) is 0 Å². The van der Waals surface area contributed by atoms with Gasteiger partial charge in [-0.15, -0.1) is 12.4 Å². The molecule has 2 heterocycles. The zero-order valence-corrected chi connectivity index (χ0v) is 15.3. The molecule has 1 aromatic carbocycles. The third kappa shape index (κ3) is 3.96. The SMILES string of the molecule is Cl.O=C(c1cnn(-c2cccc(C(F)(F)F)c2)c1C1CC1)N1CCNCC1. The summed E-state index contributed by atoms with van der Waals surface area (Å²) < 4.78 is 40.6. The number of piperazine rings is 1. The predicted molar refractivity (Wildman–Crippen MR) is 96.6 cm³/mol. The minimum atomic E-state index is -4.41. The average Bonchev–Trinajstić information content (AvgIpc) is 3.39. The van der Waals surface area contributed by atoms with E-state index in [1.807, 2.05) is 0 Å². The predicted octanol–water partition coefficient (Wildman–Crippen LogP) is 3.24. The van der Waals surface area contributed by atoms with E-state index >= 15 is 0 Å². The van der Waals surface area contributed by atoms with Crippen LogP contribution in [0.3, 0.4) is 0 Å². The Hall–Kier alpha value is -2.06. The number of carbonyl (C=O) groups excluding carboxylic acids is 1. The number of halogens is 4. The number of hydrogen-bond acceptors (Lipinski definition) is 3. The fourth-order valence-corrected chi connectivity index (χ4v) is 3.33. The molecule has 146 valence electrons. The van der Waals surface area contributed by atoms with E-state index in [0.717, 1.165) is 43.8 Å². The molecule has 1 aliphatic heterocycles. The Kier molecular flexibility index (Phi) is 5.48. The highest BCUT2D eigenvalue weighted by molar-refractivity contribution is 5.95. The molecule has 0 unspecified atom stereocenters. The molecular weight excluding hydrogens is 381 g/mol. The van der Waals surface area contributed by atoms with Gasteiger partial charge in [0.2, 0.25) is 0 Å². The third-order valence-corrected chi connectivity index (χ3v) is 4.82. The zero-order valence-electron chi connectivity index (χ0n) is 14.5. The van der Waals surface area contributed by atoms with Gasteiger partial charge in [0.25, 0.3) is 5.91 Å². The van der Waals surface area contributed by atoms with Crippen molar-refractivity contribution in [3.63, 3.8) is 0 Å². The summed E-state index contributed by atoms with van der Waals surface area (Å²) >= 11 is 0. The lowest BCUT2D eigenvalue weighted by atomic mass is 10.1. The van der Waals surface area contributed by atoms with Gasteiger partial charge in [-0.1, -0.05) is 6.07 Å². The Morgan fingerprint density at radius 2 is 1.89 bits per heavy atom. The molecule has 0 radical (unpaired) electrons. The van der Waals surface area contributed by atoms with Crippen molar-refractivity contribution in [3.05, 3.63) is 47.3 Å². The molecule has 1 saturated carbocycles. The summed E-state index contributed by atoms with van der Waals surface area (Å²) in [6.45, 7) is 2.73. The highest BCUT2D eigenvalue weighted by atomic mass is 35.5. The van der Waals surface area contributed by atoms with Crippen LogP contribution < -0.4 is 5.32 Å². The number of aromatic nitrogens is 2. The van der Waals surface area contributed by atoms with Crippen molar-refractivity contribution in [3.8, 4) is 5.69 Å². The topological polar surface area (TPSA) is 50.2 Å². The molecule has 5 nitrogen and oxygen atoms in total. The number of rotatable bonds is 3. The third-order valence-electron chi connectivity index (χ3n) is 4.82. The lowest BCUT2D eigenvalue weighted by molar-refractivity contribution is -0.137. The first kappa shape index (κ1) is 19.7. The molecule has 2 fully saturated rings. The lowest BCUT2D eigenvalue weighted by Crippen LogP contribution is -2.46. The van der Waals surface area contributed by atoms with Crippen LogP contribution in [-0.4, -0.2) is 46.8 Å². The van der Waals surface area contributed by atoms with Gasteiger partial charge in [0, 0.05) is 32.1 Å². The van der Waals surface area contributed by atoms with E-state index < -0.39 is 11.7 Å². The van der Waals surface area contributed by atoms with Gasteiger partial charge in [0.05, 0.1) is 28.7 Å². The lowest BCUT2D eigenvalue weighted by Gasteiger charge is -2.27. The normalized spacial score (nSPS) is 17.5. The Labute approximate surface area is 160 Å². The van der Waals surface area contributed by atoms with E-state index in [2.05, 4.69) is 10.4 Å². The second-order valence-corrected chi connectivity index (χ2v) is 6.72. The van der Waals surface area contributed by atoms with Gasteiger partial charge < -0.3 is 10.2 Å². The van der Waals surface area contributed by atoms with Crippen LogP contribution in [0.5, 0.6) is 0 Å². The van der Waals surface area contributed by atoms with Crippen LogP contribution in [0.2, 0.25) is 0 Å². The molecule has 2 aliphatic rings. The molecule has 9 heteroatoms. The summed E-state index contributed by atoms with van der Waals surface area (Å²) in [5.74, 6) is 0.0838. The molecule has 0 atom stereocenters. The summed E-state index contributed by atoms with van der Waals surface area (Å²) in [5, 5.41) is 7.47. The standard InChI is InChI=1S/C18H19F3N4O.ClH/c19-18(20,21)13-2-1-3-14(10-13)25-16(12-4-5-12)15(11-23-25)17(26)24-8-6-22-7-9-24;/h1-3,10-12,22H,4-9H2;1H. The molecular formula is C18H20ClF3N4O. The maximum absolute atomic E-state index is 13.0. The number of benzene rings is 1. The number of carbonyl (C=O) groups is 1. The summed E-state index contributed by atoms with van der Waals surface area (Å²) in [4.78, 5) is 14.7. The number of nitrogens with zero attached hydrogens (tertiary/aromatic N) is 3. The number of nitrogens with one attached hydrogen (secondary N) is 1. The van der Waals surface area contributed by atoms with E-state index in [0.29, 0.717) is 24.3 Å². The molecule has 1 saturated heterocycles. The second kappa shape index (κ2) is 7.52. The molecule has 2 aromatic rings. The van der Waals surface area contributed by atoms with Gasteiger partial charge in [-0.25, -0.2) is 4.68 Å². The van der Waals surface area contributed by atoms with Crippen LogP contribution in [0.25, 0.3) is 5.69 Å². The molecule has 4 rings (SSSR count). The monoisotopic (exact) mass is 400 g/mol. The van der Waals surface area contributed by atoms with Crippen LogP contribution >= 0.6 is 12.4 Å². The van der Waals surface area contributed by atoms with Gasteiger partial charge in [-0.3, -0.25) is 4.79 Å². The van der Waals surface area contributed by atoms with Gasteiger partial charge in [-0.2, -0.15) is 18.3 Å². The second-order valence-electron chi connectivity index (χ2n) is 6.72. The summed E-state index contributed by atoms with van der Waals surface area (Å²) in [6.07, 6.45) is -1.07. The Morgan fingerprint density at radius 1 is 1.19 bits per heavy atom. The minimum absolute atomic E-state index is 0. The fourth-order valence-electron chi connectivity index (χ4n) is 3.33. The van der Waals surface area contributed by atoms with E-state index in [1.54, 1.807) is 11.0 Å². The number of amides is 1. The van der Waals surface area contributed by atoms with Crippen molar-refractivity contribution < 1.29 is 18.0 Å².